The summed E-state index contributed by atoms with van der Waals surface area (Å²) in [6, 6.07) is 8.24. The molecule has 0 radical (unpaired) electrons. The van der Waals surface area contributed by atoms with Gasteiger partial charge in [0.25, 0.3) is 0 Å². The minimum absolute atomic E-state index is 0.220. The van der Waals surface area contributed by atoms with E-state index in [1.54, 1.807) is 18.2 Å². The van der Waals surface area contributed by atoms with E-state index in [0.29, 0.717) is 30.5 Å². The first-order valence-corrected chi connectivity index (χ1v) is 9.91. The molecule has 0 bridgehead atoms. The van der Waals surface area contributed by atoms with Gasteiger partial charge < -0.3 is 9.51 Å². The summed E-state index contributed by atoms with van der Waals surface area (Å²) in [5.74, 6) is 0.725. The van der Waals surface area contributed by atoms with Crippen LogP contribution in [0.4, 0.5) is 0 Å². The van der Waals surface area contributed by atoms with Gasteiger partial charge in [0.05, 0.1) is 0 Å². The molecule has 4 rings (SSSR count). The summed E-state index contributed by atoms with van der Waals surface area (Å²) in [7, 11) is -3.55. The normalized spacial score (nSPS) is 17.4. The summed E-state index contributed by atoms with van der Waals surface area (Å²) < 4.78 is 32.4. The van der Waals surface area contributed by atoms with Crippen molar-refractivity contribution in [2.45, 2.75) is 37.5 Å². The second-order valence-electron chi connectivity index (χ2n) is 6.62. The molecule has 1 N–H and O–H groups in total. The maximum absolute atomic E-state index is 12.9. The van der Waals surface area contributed by atoms with Gasteiger partial charge in [-0.05, 0) is 44.2 Å². The molecule has 25 heavy (non-hydrogen) atoms. The molecular formula is C18H21N3O3S. The molecule has 0 amide bonds. The van der Waals surface area contributed by atoms with Crippen molar-refractivity contribution in [3.05, 3.63) is 47.5 Å². The predicted molar refractivity (Wildman–Crippen MR) is 95.0 cm³/mol. The van der Waals surface area contributed by atoms with Crippen LogP contribution in [0.2, 0.25) is 0 Å². The molecule has 6 nitrogen and oxygen atoms in total. The second-order valence-corrected chi connectivity index (χ2v) is 8.50. The molecule has 7 heteroatoms. The monoisotopic (exact) mass is 359 g/mol. The zero-order chi connectivity index (χ0) is 17.6. The number of sulfonamides is 1. The fourth-order valence-electron chi connectivity index (χ4n) is 3.81. The highest BCUT2D eigenvalue weighted by atomic mass is 32.2. The summed E-state index contributed by atoms with van der Waals surface area (Å²) in [5, 5.41) is 5.01. The number of rotatable bonds is 3. The number of H-pyrrole nitrogens is 1. The lowest BCUT2D eigenvalue weighted by molar-refractivity contribution is 0.319. The van der Waals surface area contributed by atoms with Gasteiger partial charge in [0, 0.05) is 30.2 Å². The lowest BCUT2D eigenvalue weighted by atomic mass is 9.90. The van der Waals surface area contributed by atoms with Gasteiger partial charge in [0.2, 0.25) is 10.0 Å². The van der Waals surface area contributed by atoms with Crippen molar-refractivity contribution in [2.24, 2.45) is 0 Å². The number of aromatic amines is 1. The summed E-state index contributed by atoms with van der Waals surface area (Å²) in [5.41, 5.74) is 2.84. The van der Waals surface area contributed by atoms with Crippen molar-refractivity contribution in [3.63, 3.8) is 0 Å². The number of fused-ring (bicyclic) bond motifs is 1. The number of para-hydroxylation sites is 1. The average molecular weight is 359 g/mol. The highest BCUT2D eigenvalue weighted by molar-refractivity contribution is 7.89. The first-order chi connectivity index (χ1) is 12.0. The van der Waals surface area contributed by atoms with Gasteiger partial charge in [0.1, 0.15) is 10.6 Å². The predicted octanol–water partition coefficient (Wildman–Crippen LogP) is 3.34. The van der Waals surface area contributed by atoms with Crippen LogP contribution in [0.5, 0.6) is 0 Å². The Balaban J connectivity index is 1.56. The molecule has 0 unspecified atom stereocenters. The fraction of sp³-hybridized carbons (Fsp3) is 0.389. The quantitative estimate of drug-likeness (QED) is 0.778. The Bertz CT molecular complexity index is 992. The van der Waals surface area contributed by atoms with Crippen LogP contribution in [0, 0.1) is 13.8 Å². The summed E-state index contributed by atoms with van der Waals surface area (Å²) in [4.78, 5) is 3.53. The van der Waals surface area contributed by atoms with Crippen molar-refractivity contribution in [1.82, 2.24) is 14.4 Å². The third-order valence-corrected chi connectivity index (χ3v) is 7.22. The molecule has 1 fully saturated rings. The summed E-state index contributed by atoms with van der Waals surface area (Å²) in [6.07, 6.45) is 3.68. The Morgan fingerprint density at radius 3 is 2.60 bits per heavy atom. The van der Waals surface area contributed by atoms with E-state index in [9.17, 15) is 8.42 Å². The number of aryl methyl sites for hydroxylation is 2. The minimum Gasteiger partial charge on any atom is -0.361 e. The lowest BCUT2D eigenvalue weighted by Crippen LogP contribution is -2.38. The summed E-state index contributed by atoms with van der Waals surface area (Å²) >= 11 is 0. The van der Waals surface area contributed by atoms with Gasteiger partial charge in [-0.15, -0.1) is 0 Å². The van der Waals surface area contributed by atoms with Crippen molar-refractivity contribution in [3.8, 4) is 0 Å². The van der Waals surface area contributed by atoms with Gasteiger partial charge in [-0.25, -0.2) is 8.42 Å². The zero-order valence-corrected chi connectivity index (χ0v) is 15.1. The van der Waals surface area contributed by atoms with Gasteiger partial charge in [-0.1, -0.05) is 23.4 Å². The molecule has 1 aliphatic heterocycles. The van der Waals surface area contributed by atoms with Crippen LogP contribution in [0.3, 0.4) is 0 Å². The van der Waals surface area contributed by atoms with Crippen LogP contribution in [0.1, 0.15) is 35.8 Å². The van der Waals surface area contributed by atoms with Crippen molar-refractivity contribution in [2.75, 3.05) is 13.1 Å². The van der Waals surface area contributed by atoms with Crippen LogP contribution < -0.4 is 0 Å². The molecular weight excluding hydrogens is 338 g/mol. The standard InChI is InChI=1S/C18H21N3O3S/c1-12-18(13(2)24-20-12)25(22,23)21-9-7-14(8-10-21)16-11-19-17-6-4-3-5-15(16)17/h3-6,11,14,19H,7-10H2,1-2H3. The minimum atomic E-state index is -3.55. The Kier molecular flexibility index (Phi) is 3.92. The fourth-order valence-corrected chi connectivity index (χ4v) is 5.57. The van der Waals surface area contributed by atoms with Crippen molar-refractivity contribution >= 4 is 20.9 Å². The Hall–Kier alpha value is -2.12. The van der Waals surface area contributed by atoms with Gasteiger partial charge in [-0.2, -0.15) is 4.31 Å². The number of nitrogens with one attached hydrogen (secondary N) is 1. The molecule has 1 aromatic carbocycles. The van der Waals surface area contributed by atoms with E-state index < -0.39 is 10.0 Å². The van der Waals surface area contributed by atoms with Crippen molar-refractivity contribution < 1.29 is 12.9 Å². The average Bonchev–Trinajstić information content (AvgIpc) is 3.18. The molecule has 2 aromatic heterocycles. The van der Waals surface area contributed by atoms with E-state index in [-0.39, 0.29) is 4.90 Å². The first kappa shape index (κ1) is 16.4. The number of hydrogen-bond donors (Lipinski definition) is 1. The highest BCUT2D eigenvalue weighted by Crippen LogP contribution is 2.35. The van der Waals surface area contributed by atoms with E-state index >= 15 is 0 Å². The number of benzene rings is 1. The van der Waals surface area contributed by atoms with Crippen LogP contribution in [-0.2, 0) is 10.0 Å². The largest absolute Gasteiger partial charge is 0.361 e. The van der Waals surface area contributed by atoms with Crippen LogP contribution in [0.25, 0.3) is 10.9 Å². The third-order valence-electron chi connectivity index (χ3n) is 5.08. The van der Waals surface area contributed by atoms with Crippen LogP contribution in [0.15, 0.2) is 39.9 Å². The highest BCUT2D eigenvalue weighted by Gasteiger charge is 2.34. The van der Waals surface area contributed by atoms with Gasteiger partial charge in [0.15, 0.2) is 5.76 Å². The van der Waals surface area contributed by atoms with E-state index in [1.807, 2.05) is 12.1 Å². The zero-order valence-electron chi connectivity index (χ0n) is 14.3. The number of piperidine rings is 1. The van der Waals surface area contributed by atoms with E-state index in [4.69, 9.17) is 4.52 Å². The Morgan fingerprint density at radius 2 is 1.92 bits per heavy atom. The van der Waals surface area contributed by atoms with Gasteiger partial charge >= 0.3 is 0 Å². The Morgan fingerprint density at radius 1 is 1.20 bits per heavy atom. The molecule has 3 heterocycles. The van der Waals surface area contributed by atoms with E-state index in [2.05, 4.69) is 28.5 Å². The number of hydrogen-bond acceptors (Lipinski definition) is 4. The summed E-state index contributed by atoms with van der Waals surface area (Å²) in [6.45, 7) is 4.33. The maximum Gasteiger partial charge on any atom is 0.248 e. The number of nitrogens with zero attached hydrogens (tertiary/aromatic N) is 2. The third kappa shape index (κ3) is 2.67. The lowest BCUT2D eigenvalue weighted by Gasteiger charge is -2.31. The van der Waals surface area contributed by atoms with Crippen LogP contribution >= 0.6 is 0 Å². The molecule has 0 aliphatic carbocycles. The van der Waals surface area contributed by atoms with E-state index in [1.165, 1.54) is 10.9 Å². The first-order valence-electron chi connectivity index (χ1n) is 8.47. The molecule has 0 saturated carbocycles. The molecule has 1 saturated heterocycles. The second kappa shape index (κ2) is 6.00. The molecule has 0 atom stereocenters. The Labute approximate surface area is 146 Å². The SMILES string of the molecule is Cc1noc(C)c1S(=O)(=O)N1CCC(c2c[nH]c3ccccc23)CC1. The van der Waals surface area contributed by atoms with Crippen molar-refractivity contribution in [1.29, 1.82) is 0 Å². The number of aromatic nitrogens is 2. The van der Waals surface area contributed by atoms with Crippen LogP contribution in [-0.4, -0.2) is 36.0 Å². The maximum atomic E-state index is 12.9. The molecule has 0 spiro atoms. The van der Waals surface area contributed by atoms with E-state index in [0.717, 1.165) is 18.4 Å². The molecule has 132 valence electrons. The smallest absolute Gasteiger partial charge is 0.248 e. The topological polar surface area (TPSA) is 79.2 Å². The molecule has 1 aliphatic rings. The molecule has 3 aromatic rings. The van der Waals surface area contributed by atoms with Gasteiger partial charge in [-0.3, -0.25) is 0 Å².